The molecule has 1 unspecified atom stereocenters. The lowest BCUT2D eigenvalue weighted by molar-refractivity contribution is -0.121. The Labute approximate surface area is 113 Å². The van der Waals surface area contributed by atoms with Crippen LogP contribution >= 0.6 is 0 Å². The van der Waals surface area contributed by atoms with Gasteiger partial charge in [-0.2, -0.15) is 0 Å². The first-order valence-electron chi connectivity index (χ1n) is 7.17. The largest absolute Gasteiger partial charge is 0.376 e. The maximum Gasteiger partial charge on any atom is 0.143 e. The number of benzene rings is 1. The van der Waals surface area contributed by atoms with E-state index in [9.17, 15) is 4.79 Å². The van der Waals surface area contributed by atoms with Crippen molar-refractivity contribution >= 4 is 5.78 Å². The zero-order valence-electron chi connectivity index (χ0n) is 11.0. The Hall–Kier alpha value is -1.41. The van der Waals surface area contributed by atoms with Gasteiger partial charge in [0.1, 0.15) is 5.78 Å². The van der Waals surface area contributed by atoms with Gasteiger partial charge in [-0.05, 0) is 36.0 Å². The third kappa shape index (κ3) is 1.70. The van der Waals surface area contributed by atoms with Crippen LogP contribution in [0.2, 0.25) is 0 Å². The predicted octanol–water partition coefficient (Wildman–Crippen LogP) is 2.93. The Morgan fingerprint density at radius 2 is 2.00 bits per heavy atom. The molecule has 2 heteroatoms. The Balaban J connectivity index is 1.73. The van der Waals surface area contributed by atoms with E-state index in [0.29, 0.717) is 18.1 Å². The van der Waals surface area contributed by atoms with Crippen LogP contribution in [0.3, 0.4) is 0 Å². The summed E-state index contributed by atoms with van der Waals surface area (Å²) in [6.07, 6.45) is 3.82. The molecule has 19 heavy (non-hydrogen) atoms. The number of carbonyl (C=O) groups is 1. The molecule has 1 aromatic carbocycles. The standard InChI is InChI=1S/C17H18O2/c18-15-9-14-11-19-10-13(16(14)17(15)6-7-17)8-12-4-2-1-3-5-12/h1-5,14H,6-11H2. The zero-order valence-corrected chi connectivity index (χ0v) is 11.0. The minimum atomic E-state index is -0.0431. The van der Waals surface area contributed by atoms with E-state index in [1.54, 1.807) is 0 Å². The van der Waals surface area contributed by atoms with Crippen molar-refractivity contribution in [3.63, 3.8) is 0 Å². The third-order valence-corrected chi connectivity index (χ3v) is 4.88. The first kappa shape index (κ1) is 11.4. The summed E-state index contributed by atoms with van der Waals surface area (Å²) < 4.78 is 5.73. The van der Waals surface area contributed by atoms with Crippen LogP contribution in [-0.4, -0.2) is 19.0 Å². The van der Waals surface area contributed by atoms with Crippen molar-refractivity contribution in [3.8, 4) is 0 Å². The second kappa shape index (κ2) is 4.04. The van der Waals surface area contributed by atoms with Gasteiger partial charge in [-0.25, -0.2) is 0 Å². The van der Waals surface area contributed by atoms with Gasteiger partial charge in [-0.15, -0.1) is 0 Å². The number of hydrogen-bond donors (Lipinski definition) is 0. The van der Waals surface area contributed by atoms with Gasteiger partial charge in [0, 0.05) is 12.3 Å². The summed E-state index contributed by atoms with van der Waals surface area (Å²) in [4.78, 5) is 12.2. The molecule has 2 aliphatic carbocycles. The van der Waals surface area contributed by atoms with Crippen LogP contribution in [-0.2, 0) is 16.0 Å². The third-order valence-electron chi connectivity index (χ3n) is 4.88. The van der Waals surface area contributed by atoms with Crippen LogP contribution < -0.4 is 0 Å². The lowest BCUT2D eigenvalue weighted by Gasteiger charge is -2.26. The summed E-state index contributed by atoms with van der Waals surface area (Å²) in [7, 11) is 0. The van der Waals surface area contributed by atoms with Gasteiger partial charge in [0.2, 0.25) is 0 Å². The van der Waals surface area contributed by atoms with Crippen LogP contribution in [0.4, 0.5) is 0 Å². The topological polar surface area (TPSA) is 26.3 Å². The molecule has 0 radical (unpaired) electrons. The molecule has 98 valence electrons. The number of Topliss-reactive ketones (excluding diaryl/α,β-unsaturated/α-hetero) is 1. The Morgan fingerprint density at radius 1 is 1.21 bits per heavy atom. The molecule has 0 saturated heterocycles. The molecule has 1 heterocycles. The highest BCUT2D eigenvalue weighted by atomic mass is 16.5. The van der Waals surface area contributed by atoms with E-state index in [-0.39, 0.29) is 5.41 Å². The van der Waals surface area contributed by atoms with Gasteiger partial charge in [0.25, 0.3) is 0 Å². The molecule has 1 atom stereocenters. The van der Waals surface area contributed by atoms with Crippen LogP contribution in [0.5, 0.6) is 0 Å². The van der Waals surface area contributed by atoms with E-state index in [1.165, 1.54) is 16.7 Å². The van der Waals surface area contributed by atoms with E-state index in [2.05, 4.69) is 24.3 Å². The summed E-state index contributed by atoms with van der Waals surface area (Å²) in [5.74, 6) is 0.853. The molecule has 0 N–H and O–H groups in total. The van der Waals surface area contributed by atoms with Crippen molar-refractivity contribution in [2.75, 3.05) is 13.2 Å². The maximum atomic E-state index is 12.2. The smallest absolute Gasteiger partial charge is 0.143 e. The van der Waals surface area contributed by atoms with E-state index in [1.807, 2.05) is 6.07 Å². The summed E-state index contributed by atoms with van der Waals surface area (Å²) in [5, 5.41) is 0. The van der Waals surface area contributed by atoms with Crippen LogP contribution in [0, 0.1) is 11.3 Å². The molecule has 2 nitrogen and oxygen atoms in total. The first-order chi connectivity index (χ1) is 9.29. The summed E-state index contributed by atoms with van der Waals surface area (Å²) in [5.41, 5.74) is 4.13. The highest BCUT2D eigenvalue weighted by molar-refractivity contribution is 5.95. The second-order valence-corrected chi connectivity index (χ2v) is 6.10. The molecule has 2 fully saturated rings. The van der Waals surface area contributed by atoms with Gasteiger partial charge in [0.05, 0.1) is 18.6 Å². The van der Waals surface area contributed by atoms with Crippen molar-refractivity contribution in [1.82, 2.24) is 0 Å². The highest BCUT2D eigenvalue weighted by Crippen LogP contribution is 2.62. The normalized spacial score (nSPS) is 27.8. The zero-order chi connectivity index (χ0) is 12.9. The number of rotatable bonds is 2. The molecule has 1 aromatic rings. The number of ketones is 1. The number of ether oxygens (including phenoxy) is 1. The Kier molecular flexibility index (Phi) is 2.43. The molecular formula is C17H18O2. The van der Waals surface area contributed by atoms with Gasteiger partial charge in [0.15, 0.2) is 0 Å². The van der Waals surface area contributed by atoms with Crippen LogP contribution in [0.15, 0.2) is 41.5 Å². The fraction of sp³-hybridized carbons (Fsp3) is 0.471. The van der Waals surface area contributed by atoms with Gasteiger partial charge in [-0.1, -0.05) is 30.3 Å². The lowest BCUT2D eigenvalue weighted by Crippen LogP contribution is -2.22. The maximum absolute atomic E-state index is 12.2. The van der Waals surface area contributed by atoms with Gasteiger partial charge >= 0.3 is 0 Å². The van der Waals surface area contributed by atoms with Crippen molar-refractivity contribution in [2.24, 2.45) is 11.3 Å². The molecule has 1 aliphatic heterocycles. The number of carbonyl (C=O) groups excluding carboxylic acids is 1. The van der Waals surface area contributed by atoms with Crippen LogP contribution in [0.25, 0.3) is 0 Å². The van der Waals surface area contributed by atoms with E-state index >= 15 is 0 Å². The van der Waals surface area contributed by atoms with Crippen molar-refractivity contribution in [3.05, 3.63) is 47.0 Å². The number of fused-ring (bicyclic) bond motifs is 2. The predicted molar refractivity (Wildman–Crippen MR) is 72.8 cm³/mol. The van der Waals surface area contributed by atoms with E-state index in [4.69, 9.17) is 4.74 Å². The first-order valence-corrected chi connectivity index (χ1v) is 7.17. The average Bonchev–Trinajstić information content (AvgIpc) is 3.16. The molecule has 3 aliphatic rings. The van der Waals surface area contributed by atoms with E-state index in [0.717, 1.165) is 32.5 Å². The monoisotopic (exact) mass is 254 g/mol. The number of hydrogen-bond acceptors (Lipinski definition) is 2. The van der Waals surface area contributed by atoms with Crippen molar-refractivity contribution in [2.45, 2.75) is 25.7 Å². The minimum absolute atomic E-state index is 0.0431. The molecule has 4 rings (SSSR count). The molecule has 0 aromatic heterocycles. The van der Waals surface area contributed by atoms with E-state index < -0.39 is 0 Å². The van der Waals surface area contributed by atoms with Gasteiger partial charge < -0.3 is 4.74 Å². The quantitative estimate of drug-likeness (QED) is 0.758. The molecular weight excluding hydrogens is 236 g/mol. The molecule has 0 bridgehead atoms. The lowest BCUT2D eigenvalue weighted by atomic mass is 9.86. The Morgan fingerprint density at radius 3 is 2.74 bits per heavy atom. The average molecular weight is 254 g/mol. The van der Waals surface area contributed by atoms with Gasteiger partial charge in [-0.3, -0.25) is 4.79 Å². The Bertz CT molecular complexity index is 552. The van der Waals surface area contributed by atoms with Crippen molar-refractivity contribution < 1.29 is 9.53 Å². The fourth-order valence-electron chi connectivity index (χ4n) is 3.90. The summed E-state index contributed by atoms with van der Waals surface area (Å²) in [6.45, 7) is 1.47. The summed E-state index contributed by atoms with van der Waals surface area (Å²) >= 11 is 0. The van der Waals surface area contributed by atoms with Crippen molar-refractivity contribution in [1.29, 1.82) is 0 Å². The molecule has 2 saturated carbocycles. The molecule has 1 spiro atoms. The van der Waals surface area contributed by atoms with Crippen LogP contribution in [0.1, 0.15) is 24.8 Å². The fourth-order valence-corrected chi connectivity index (χ4v) is 3.90. The molecule has 0 amide bonds. The minimum Gasteiger partial charge on any atom is -0.376 e. The SMILES string of the molecule is O=C1CC2COCC(Cc3ccccc3)=C2C12CC2. The summed E-state index contributed by atoms with van der Waals surface area (Å²) in [6, 6.07) is 10.5. The second-order valence-electron chi connectivity index (χ2n) is 6.10. The highest BCUT2D eigenvalue weighted by Gasteiger charge is 2.60.